The molecule has 0 aliphatic rings. The highest BCUT2D eigenvalue weighted by molar-refractivity contribution is 7.15. The smallest absolute Gasteiger partial charge is 0.264 e. The first-order chi connectivity index (χ1) is 9.17. The molecule has 0 aliphatic heterocycles. The standard InChI is InChI=1S/C14H16N2O2S/c1-3-11-4-6-12(7-5-11)18-9-13(17)16-14-15-8-10(2)19-14/h4-8H,3,9H2,1-2H3,(H,15,16,17). The predicted octanol–water partition coefficient (Wildman–Crippen LogP) is 3.03. The number of amides is 1. The SMILES string of the molecule is CCc1ccc(OCC(=O)Nc2ncc(C)s2)cc1. The fourth-order valence-electron chi connectivity index (χ4n) is 1.54. The van der Waals surface area contributed by atoms with Gasteiger partial charge in [-0.15, -0.1) is 11.3 Å². The number of rotatable bonds is 5. The van der Waals surface area contributed by atoms with Gasteiger partial charge in [-0.05, 0) is 31.0 Å². The molecule has 1 amide bonds. The first-order valence-electron chi connectivity index (χ1n) is 6.11. The fourth-order valence-corrected chi connectivity index (χ4v) is 2.22. The van der Waals surface area contributed by atoms with Crippen molar-refractivity contribution in [2.45, 2.75) is 20.3 Å². The Balaban J connectivity index is 1.82. The Morgan fingerprint density at radius 3 is 2.68 bits per heavy atom. The molecule has 1 N–H and O–H groups in total. The zero-order chi connectivity index (χ0) is 13.7. The van der Waals surface area contributed by atoms with Crippen LogP contribution in [0.5, 0.6) is 5.75 Å². The molecule has 0 spiro atoms. The minimum atomic E-state index is -0.200. The zero-order valence-electron chi connectivity index (χ0n) is 11.0. The topological polar surface area (TPSA) is 51.2 Å². The Hall–Kier alpha value is -1.88. The number of nitrogens with zero attached hydrogens (tertiary/aromatic N) is 1. The molecule has 0 saturated heterocycles. The van der Waals surface area contributed by atoms with Crippen molar-refractivity contribution in [2.75, 3.05) is 11.9 Å². The third-order valence-corrected chi connectivity index (χ3v) is 3.40. The van der Waals surface area contributed by atoms with Crippen LogP contribution < -0.4 is 10.1 Å². The maximum atomic E-state index is 11.6. The van der Waals surface area contributed by atoms with Gasteiger partial charge in [0.1, 0.15) is 5.75 Å². The van der Waals surface area contributed by atoms with Crippen molar-refractivity contribution >= 4 is 22.4 Å². The third-order valence-electron chi connectivity index (χ3n) is 2.57. The number of aryl methyl sites for hydroxylation is 2. The lowest BCUT2D eigenvalue weighted by molar-refractivity contribution is -0.118. The van der Waals surface area contributed by atoms with Crippen molar-refractivity contribution in [3.8, 4) is 5.75 Å². The van der Waals surface area contributed by atoms with E-state index in [1.807, 2.05) is 31.2 Å². The molecule has 1 aromatic heterocycles. The number of aromatic nitrogens is 1. The number of nitrogens with one attached hydrogen (secondary N) is 1. The molecule has 0 saturated carbocycles. The van der Waals surface area contributed by atoms with Crippen LogP contribution in [0.4, 0.5) is 5.13 Å². The molecule has 0 radical (unpaired) electrons. The van der Waals surface area contributed by atoms with E-state index in [-0.39, 0.29) is 12.5 Å². The molecule has 4 nitrogen and oxygen atoms in total. The molecule has 1 aromatic carbocycles. The monoisotopic (exact) mass is 276 g/mol. The van der Waals surface area contributed by atoms with Crippen molar-refractivity contribution in [3.05, 3.63) is 40.9 Å². The van der Waals surface area contributed by atoms with E-state index in [0.717, 1.165) is 11.3 Å². The van der Waals surface area contributed by atoms with Gasteiger partial charge in [0, 0.05) is 11.1 Å². The predicted molar refractivity (Wildman–Crippen MR) is 76.8 cm³/mol. The quantitative estimate of drug-likeness (QED) is 0.913. The molecule has 0 unspecified atom stereocenters. The summed E-state index contributed by atoms with van der Waals surface area (Å²) in [4.78, 5) is 16.8. The van der Waals surface area contributed by atoms with Crippen LogP contribution in [0.2, 0.25) is 0 Å². The third kappa shape index (κ3) is 4.06. The molecular weight excluding hydrogens is 260 g/mol. The van der Waals surface area contributed by atoms with E-state index in [0.29, 0.717) is 10.9 Å². The van der Waals surface area contributed by atoms with Gasteiger partial charge in [-0.2, -0.15) is 0 Å². The van der Waals surface area contributed by atoms with Crippen LogP contribution in [-0.2, 0) is 11.2 Å². The lowest BCUT2D eigenvalue weighted by atomic mass is 10.2. The molecule has 19 heavy (non-hydrogen) atoms. The number of thiazole rings is 1. The summed E-state index contributed by atoms with van der Waals surface area (Å²) >= 11 is 1.44. The zero-order valence-corrected chi connectivity index (χ0v) is 11.8. The number of ether oxygens (including phenoxy) is 1. The van der Waals surface area contributed by atoms with Gasteiger partial charge < -0.3 is 4.74 Å². The number of benzene rings is 1. The van der Waals surface area contributed by atoms with Crippen molar-refractivity contribution in [2.24, 2.45) is 0 Å². The van der Waals surface area contributed by atoms with E-state index >= 15 is 0 Å². The molecule has 100 valence electrons. The summed E-state index contributed by atoms with van der Waals surface area (Å²) < 4.78 is 5.41. The molecule has 1 heterocycles. The Morgan fingerprint density at radius 2 is 2.11 bits per heavy atom. The van der Waals surface area contributed by atoms with Crippen molar-refractivity contribution in [1.82, 2.24) is 4.98 Å². The lowest BCUT2D eigenvalue weighted by Gasteiger charge is -2.06. The van der Waals surface area contributed by atoms with Crippen LogP contribution in [0.25, 0.3) is 0 Å². The highest BCUT2D eigenvalue weighted by Gasteiger charge is 2.06. The number of carbonyl (C=O) groups excluding carboxylic acids is 1. The molecule has 0 bridgehead atoms. The summed E-state index contributed by atoms with van der Waals surface area (Å²) in [5.74, 6) is 0.497. The second-order valence-electron chi connectivity index (χ2n) is 4.11. The van der Waals surface area contributed by atoms with Gasteiger partial charge in [-0.1, -0.05) is 19.1 Å². The number of hydrogen-bond acceptors (Lipinski definition) is 4. The van der Waals surface area contributed by atoms with E-state index in [4.69, 9.17) is 4.74 Å². The van der Waals surface area contributed by atoms with Gasteiger partial charge in [0.15, 0.2) is 11.7 Å². The minimum absolute atomic E-state index is 0.00982. The summed E-state index contributed by atoms with van der Waals surface area (Å²) in [5, 5.41) is 3.30. The van der Waals surface area contributed by atoms with Gasteiger partial charge >= 0.3 is 0 Å². The fraction of sp³-hybridized carbons (Fsp3) is 0.286. The molecular formula is C14H16N2O2S. The van der Waals surface area contributed by atoms with E-state index in [2.05, 4.69) is 17.2 Å². The minimum Gasteiger partial charge on any atom is -0.484 e. The number of anilines is 1. The maximum absolute atomic E-state index is 11.6. The van der Waals surface area contributed by atoms with Crippen LogP contribution >= 0.6 is 11.3 Å². The van der Waals surface area contributed by atoms with Crippen LogP contribution in [0, 0.1) is 6.92 Å². The average Bonchev–Trinajstić information content (AvgIpc) is 2.82. The van der Waals surface area contributed by atoms with Gasteiger partial charge in [-0.3, -0.25) is 10.1 Å². The Labute approximate surface area is 116 Å². The van der Waals surface area contributed by atoms with Gasteiger partial charge in [0.05, 0.1) is 0 Å². The summed E-state index contributed by atoms with van der Waals surface area (Å²) in [6, 6.07) is 7.74. The molecule has 0 fully saturated rings. The van der Waals surface area contributed by atoms with Crippen molar-refractivity contribution < 1.29 is 9.53 Å². The molecule has 2 rings (SSSR count). The van der Waals surface area contributed by atoms with E-state index in [1.54, 1.807) is 6.20 Å². The molecule has 0 atom stereocenters. The summed E-state index contributed by atoms with van der Waals surface area (Å²) in [5.41, 5.74) is 1.25. The number of hydrogen-bond donors (Lipinski definition) is 1. The molecule has 2 aromatic rings. The Morgan fingerprint density at radius 1 is 1.37 bits per heavy atom. The summed E-state index contributed by atoms with van der Waals surface area (Å²) in [6.45, 7) is 4.03. The second-order valence-corrected chi connectivity index (χ2v) is 5.35. The van der Waals surface area contributed by atoms with Gasteiger partial charge in [0.25, 0.3) is 5.91 Å². The van der Waals surface area contributed by atoms with Crippen LogP contribution in [0.3, 0.4) is 0 Å². The van der Waals surface area contributed by atoms with Crippen LogP contribution in [0.1, 0.15) is 17.4 Å². The summed E-state index contributed by atoms with van der Waals surface area (Å²) in [6.07, 6.45) is 2.72. The van der Waals surface area contributed by atoms with Gasteiger partial charge in [-0.25, -0.2) is 4.98 Å². The number of carbonyl (C=O) groups is 1. The average molecular weight is 276 g/mol. The van der Waals surface area contributed by atoms with Crippen LogP contribution in [0.15, 0.2) is 30.5 Å². The highest BCUT2D eigenvalue weighted by Crippen LogP contribution is 2.16. The second kappa shape index (κ2) is 6.33. The van der Waals surface area contributed by atoms with Crippen molar-refractivity contribution in [3.63, 3.8) is 0 Å². The summed E-state index contributed by atoms with van der Waals surface area (Å²) in [7, 11) is 0. The highest BCUT2D eigenvalue weighted by atomic mass is 32.1. The van der Waals surface area contributed by atoms with Gasteiger partial charge in [0.2, 0.25) is 0 Å². The molecule has 5 heteroatoms. The van der Waals surface area contributed by atoms with E-state index < -0.39 is 0 Å². The van der Waals surface area contributed by atoms with E-state index in [1.165, 1.54) is 16.9 Å². The lowest BCUT2D eigenvalue weighted by Crippen LogP contribution is -2.19. The van der Waals surface area contributed by atoms with E-state index in [9.17, 15) is 4.79 Å². The first kappa shape index (κ1) is 13.5. The largest absolute Gasteiger partial charge is 0.484 e. The maximum Gasteiger partial charge on any atom is 0.264 e. The normalized spacial score (nSPS) is 10.2. The Bertz CT molecular complexity index is 549. The molecule has 0 aliphatic carbocycles. The van der Waals surface area contributed by atoms with Crippen molar-refractivity contribution in [1.29, 1.82) is 0 Å². The Kier molecular flexibility index (Phi) is 4.52. The first-order valence-corrected chi connectivity index (χ1v) is 6.93. The van der Waals surface area contributed by atoms with Crippen LogP contribution in [-0.4, -0.2) is 17.5 Å².